The fraction of sp³-hybridized carbons (Fsp3) is 0.500. The highest BCUT2D eigenvalue weighted by Crippen LogP contribution is 2.30. The lowest BCUT2D eigenvalue weighted by molar-refractivity contribution is -0.0189. The average molecular weight is 487 g/mol. The summed E-state index contributed by atoms with van der Waals surface area (Å²) in [6, 6.07) is 17.2. The molecular weight excluding hydrogens is 448 g/mol. The summed E-state index contributed by atoms with van der Waals surface area (Å²) in [5.41, 5.74) is 2.50. The molecular formula is C28H38O7. The van der Waals surface area contributed by atoms with E-state index < -0.39 is 0 Å². The van der Waals surface area contributed by atoms with Gasteiger partial charge >= 0.3 is 0 Å². The minimum absolute atomic E-state index is 0.0330. The minimum Gasteiger partial charge on any atom is -0.394 e. The Morgan fingerprint density at radius 2 is 1.06 bits per heavy atom. The molecule has 0 saturated carbocycles. The Balaban J connectivity index is 1.23. The van der Waals surface area contributed by atoms with Gasteiger partial charge in [0.25, 0.3) is 0 Å². The van der Waals surface area contributed by atoms with Crippen molar-refractivity contribution in [3.8, 4) is 0 Å². The molecule has 7 nitrogen and oxygen atoms in total. The molecule has 0 spiro atoms. The van der Waals surface area contributed by atoms with Gasteiger partial charge in [0, 0.05) is 0 Å². The fourth-order valence-corrected chi connectivity index (χ4v) is 3.83. The van der Waals surface area contributed by atoms with E-state index in [1.54, 1.807) is 0 Å². The van der Waals surface area contributed by atoms with Crippen molar-refractivity contribution in [2.45, 2.75) is 13.5 Å². The highest BCUT2D eigenvalue weighted by Gasteiger charge is 2.09. The summed E-state index contributed by atoms with van der Waals surface area (Å²) in [5.74, 6) is 0. The number of rotatable bonds is 19. The van der Waals surface area contributed by atoms with Crippen LogP contribution in [0.1, 0.15) is 11.1 Å². The van der Waals surface area contributed by atoms with E-state index in [9.17, 15) is 0 Å². The molecule has 0 aliphatic carbocycles. The van der Waals surface area contributed by atoms with Gasteiger partial charge in [-0.1, -0.05) is 42.5 Å². The van der Waals surface area contributed by atoms with E-state index in [2.05, 4.69) is 55.5 Å². The van der Waals surface area contributed by atoms with Crippen molar-refractivity contribution < 1.29 is 33.5 Å². The van der Waals surface area contributed by atoms with Gasteiger partial charge in [-0.25, -0.2) is 0 Å². The quantitative estimate of drug-likeness (QED) is 0.203. The minimum atomic E-state index is 0.0330. The maximum absolute atomic E-state index is 8.59. The first-order valence-electron chi connectivity index (χ1n) is 12.3. The van der Waals surface area contributed by atoms with Crippen molar-refractivity contribution in [1.29, 1.82) is 0 Å². The Morgan fingerprint density at radius 1 is 0.543 bits per heavy atom. The second-order valence-corrected chi connectivity index (χ2v) is 8.08. The van der Waals surface area contributed by atoms with Crippen molar-refractivity contribution >= 4 is 21.5 Å². The Morgan fingerprint density at radius 3 is 1.66 bits per heavy atom. The molecule has 0 radical (unpaired) electrons. The van der Waals surface area contributed by atoms with Crippen molar-refractivity contribution in [1.82, 2.24) is 0 Å². The van der Waals surface area contributed by atoms with Gasteiger partial charge < -0.3 is 33.5 Å². The molecule has 7 heteroatoms. The Kier molecular flexibility index (Phi) is 13.0. The van der Waals surface area contributed by atoms with E-state index in [1.807, 2.05) is 0 Å². The molecule has 3 aromatic rings. The van der Waals surface area contributed by atoms with Crippen molar-refractivity contribution in [2.24, 2.45) is 0 Å². The number of fused-ring (bicyclic) bond motifs is 2. The van der Waals surface area contributed by atoms with Crippen LogP contribution < -0.4 is 0 Å². The number of hydrogen-bond acceptors (Lipinski definition) is 7. The molecule has 192 valence electrons. The Hall–Kier alpha value is -2.10. The first kappa shape index (κ1) is 27.5. The zero-order valence-electron chi connectivity index (χ0n) is 20.7. The summed E-state index contributed by atoms with van der Waals surface area (Å²) in [6.45, 7) is 8.24. The summed E-state index contributed by atoms with van der Waals surface area (Å²) >= 11 is 0. The molecule has 0 unspecified atom stereocenters. The number of hydrogen-bond donors (Lipinski definition) is 1. The largest absolute Gasteiger partial charge is 0.394 e. The van der Waals surface area contributed by atoms with Crippen LogP contribution >= 0.6 is 0 Å². The first-order valence-corrected chi connectivity index (χ1v) is 12.3. The van der Waals surface area contributed by atoms with Gasteiger partial charge in [0.2, 0.25) is 0 Å². The maximum Gasteiger partial charge on any atom is 0.0730 e. The van der Waals surface area contributed by atoms with Gasteiger partial charge in [0.15, 0.2) is 0 Å². The molecule has 0 heterocycles. The summed E-state index contributed by atoms with van der Waals surface area (Å²) in [7, 11) is 0. The van der Waals surface area contributed by atoms with Crippen molar-refractivity contribution in [3.05, 3.63) is 59.7 Å². The van der Waals surface area contributed by atoms with Gasteiger partial charge in [-0.05, 0) is 45.7 Å². The molecule has 3 aromatic carbocycles. The van der Waals surface area contributed by atoms with Crippen molar-refractivity contribution in [2.75, 3.05) is 79.3 Å². The van der Waals surface area contributed by atoms with E-state index in [4.69, 9.17) is 33.5 Å². The molecule has 0 amide bonds. The van der Waals surface area contributed by atoms with E-state index in [0.717, 1.165) is 0 Å². The number of ether oxygens (including phenoxy) is 6. The summed E-state index contributed by atoms with van der Waals surface area (Å²) in [4.78, 5) is 0. The van der Waals surface area contributed by atoms with Crippen LogP contribution in [0.4, 0.5) is 0 Å². The van der Waals surface area contributed by atoms with Crippen LogP contribution in [-0.4, -0.2) is 84.4 Å². The normalized spacial score (nSPS) is 11.6. The average Bonchev–Trinajstić information content (AvgIpc) is 2.88. The molecule has 3 rings (SSSR count). The summed E-state index contributed by atoms with van der Waals surface area (Å²) < 4.78 is 33.0. The van der Waals surface area contributed by atoms with Crippen LogP contribution in [0.25, 0.3) is 21.5 Å². The van der Waals surface area contributed by atoms with Gasteiger partial charge in [-0.2, -0.15) is 0 Å². The maximum atomic E-state index is 8.59. The second-order valence-electron chi connectivity index (χ2n) is 8.08. The van der Waals surface area contributed by atoms with Crippen LogP contribution in [-0.2, 0) is 35.0 Å². The number of aryl methyl sites for hydroxylation is 1. The Bertz CT molecular complexity index is 992. The van der Waals surface area contributed by atoms with Crippen LogP contribution in [0.5, 0.6) is 0 Å². The summed E-state index contributed by atoms with van der Waals surface area (Å²) in [6.07, 6.45) is 0. The van der Waals surface area contributed by atoms with Crippen LogP contribution in [0.15, 0.2) is 48.5 Å². The molecule has 0 bridgehead atoms. The second kappa shape index (κ2) is 16.5. The van der Waals surface area contributed by atoms with Crippen LogP contribution in [0, 0.1) is 6.92 Å². The number of aliphatic hydroxyl groups is 1. The van der Waals surface area contributed by atoms with Gasteiger partial charge in [-0.3, -0.25) is 0 Å². The highest BCUT2D eigenvalue weighted by atomic mass is 16.6. The van der Waals surface area contributed by atoms with Crippen LogP contribution in [0.2, 0.25) is 0 Å². The van der Waals surface area contributed by atoms with E-state index in [-0.39, 0.29) is 6.61 Å². The number of aliphatic hydroxyl groups excluding tert-OH is 1. The zero-order chi connectivity index (χ0) is 24.6. The molecule has 35 heavy (non-hydrogen) atoms. The highest BCUT2D eigenvalue weighted by molar-refractivity contribution is 6.03. The lowest BCUT2D eigenvalue weighted by Gasteiger charge is -2.13. The number of benzene rings is 3. The van der Waals surface area contributed by atoms with E-state index in [0.29, 0.717) is 79.3 Å². The van der Waals surface area contributed by atoms with Crippen LogP contribution in [0.3, 0.4) is 0 Å². The molecule has 0 aromatic heterocycles. The van der Waals surface area contributed by atoms with Gasteiger partial charge in [0.05, 0.1) is 85.9 Å². The monoisotopic (exact) mass is 486 g/mol. The topological polar surface area (TPSA) is 75.6 Å². The van der Waals surface area contributed by atoms with E-state index >= 15 is 0 Å². The molecule has 0 aliphatic rings. The van der Waals surface area contributed by atoms with Gasteiger partial charge in [-0.15, -0.1) is 0 Å². The third-order valence-corrected chi connectivity index (χ3v) is 5.58. The molecule has 0 aliphatic heterocycles. The predicted octanol–water partition coefficient (Wildman–Crippen LogP) is 3.89. The SMILES string of the molecule is Cc1cccc2c(COCCOCCOCCOCCOCCOCCO)c3ccccc3cc12. The van der Waals surface area contributed by atoms with E-state index in [1.165, 1.54) is 32.7 Å². The van der Waals surface area contributed by atoms with Gasteiger partial charge in [0.1, 0.15) is 0 Å². The smallest absolute Gasteiger partial charge is 0.0730 e. The zero-order valence-corrected chi connectivity index (χ0v) is 20.7. The molecule has 0 atom stereocenters. The molecule has 0 saturated heterocycles. The summed E-state index contributed by atoms with van der Waals surface area (Å²) in [5, 5.41) is 13.6. The molecule has 1 N–H and O–H groups in total. The lowest BCUT2D eigenvalue weighted by atomic mass is 9.95. The predicted molar refractivity (Wildman–Crippen MR) is 137 cm³/mol. The first-order chi connectivity index (χ1) is 17.3. The molecule has 0 fully saturated rings. The van der Waals surface area contributed by atoms with Crippen molar-refractivity contribution in [3.63, 3.8) is 0 Å². The lowest BCUT2D eigenvalue weighted by Crippen LogP contribution is -2.14. The Labute approximate surface area is 207 Å². The standard InChI is InChI=1S/C28H38O7/c1-23-5-4-8-26-27(23)21-24-6-2-3-7-25(24)28(26)22-35-20-19-34-18-17-33-16-15-32-14-13-31-12-11-30-10-9-29/h2-8,21,29H,9-20,22H2,1H3. The fourth-order valence-electron chi connectivity index (χ4n) is 3.83. The third kappa shape index (κ3) is 9.46. The third-order valence-electron chi connectivity index (χ3n) is 5.58.